The van der Waals surface area contributed by atoms with Crippen LogP contribution in [0.25, 0.3) is 0 Å². The molecule has 0 aliphatic carbocycles. The third-order valence-corrected chi connectivity index (χ3v) is 6.92. The molecule has 0 amide bonds. The predicted octanol–water partition coefficient (Wildman–Crippen LogP) is 11.6. The highest BCUT2D eigenvalue weighted by Crippen LogP contribution is 2.24. The second-order valence-corrected chi connectivity index (χ2v) is 10.2. The zero-order chi connectivity index (χ0) is 30.5. The summed E-state index contributed by atoms with van der Waals surface area (Å²) in [5.74, 6) is 0. The fraction of sp³-hybridized carbons (Fsp3) is 0.0256. The summed E-state index contributed by atoms with van der Waals surface area (Å²) < 4.78 is 0. The maximum Gasteiger partial charge on any atom is 0.0944 e. The van der Waals surface area contributed by atoms with Crippen molar-refractivity contribution in [1.29, 1.82) is 0 Å². The summed E-state index contributed by atoms with van der Waals surface area (Å²) in [6, 6.07) is 51.7. The van der Waals surface area contributed by atoms with Crippen molar-refractivity contribution in [2.75, 3.05) is 0 Å². The Morgan fingerprint density at radius 1 is 0.333 bits per heavy atom. The monoisotopic (exact) mass is 582 g/mol. The lowest BCUT2D eigenvalue weighted by Crippen LogP contribution is -1.87. The summed E-state index contributed by atoms with van der Waals surface area (Å²) in [7, 11) is 0. The Balaban J connectivity index is 1.07. The van der Waals surface area contributed by atoms with Gasteiger partial charge in [0.15, 0.2) is 0 Å². The number of hydrogen-bond acceptors (Lipinski definition) is 6. The van der Waals surface area contributed by atoms with E-state index in [0.717, 1.165) is 51.7 Å². The minimum atomic E-state index is 0.771. The molecular weight excluding hydrogens is 552 g/mol. The van der Waals surface area contributed by atoms with E-state index in [2.05, 4.69) is 54.7 Å². The molecule has 6 heteroatoms. The highest BCUT2D eigenvalue weighted by Gasteiger charge is 2.02. The summed E-state index contributed by atoms with van der Waals surface area (Å²) in [5, 5.41) is 17.5. The van der Waals surface area contributed by atoms with Gasteiger partial charge in [0.1, 0.15) is 0 Å². The van der Waals surface area contributed by atoms with Crippen LogP contribution in [0.2, 0.25) is 0 Å². The molecule has 45 heavy (non-hydrogen) atoms. The molecule has 0 atom stereocenters. The van der Waals surface area contributed by atoms with Crippen molar-refractivity contribution in [2.45, 2.75) is 6.42 Å². The van der Waals surface area contributed by atoms with E-state index < -0.39 is 0 Å². The zero-order valence-electron chi connectivity index (χ0n) is 24.6. The molecule has 6 aromatic carbocycles. The van der Waals surface area contributed by atoms with Crippen molar-refractivity contribution in [3.05, 3.63) is 180 Å². The van der Waals surface area contributed by atoms with Crippen molar-refractivity contribution in [3.8, 4) is 0 Å². The van der Waals surface area contributed by atoms with E-state index in [9.17, 15) is 0 Å². The highest BCUT2D eigenvalue weighted by atomic mass is 15.1. The largest absolute Gasteiger partial charge is 0.256 e. The molecule has 0 aliphatic heterocycles. The molecule has 0 spiro atoms. The fourth-order valence-electron chi connectivity index (χ4n) is 4.51. The van der Waals surface area contributed by atoms with E-state index in [0.29, 0.717) is 0 Å². The third kappa shape index (κ3) is 8.46. The molecule has 0 saturated carbocycles. The van der Waals surface area contributed by atoms with Crippen molar-refractivity contribution in [2.24, 2.45) is 30.4 Å². The molecule has 0 radical (unpaired) electrons. The molecule has 0 bridgehead atoms. The third-order valence-electron chi connectivity index (χ3n) is 6.92. The van der Waals surface area contributed by atoms with Gasteiger partial charge in [0.05, 0.1) is 34.1 Å². The Kier molecular flexibility index (Phi) is 9.55. The smallest absolute Gasteiger partial charge is 0.0944 e. The minimum Gasteiger partial charge on any atom is -0.256 e. The van der Waals surface area contributed by atoms with Gasteiger partial charge in [0.2, 0.25) is 0 Å². The molecule has 6 rings (SSSR count). The van der Waals surface area contributed by atoms with Crippen LogP contribution in [0, 0.1) is 0 Å². The van der Waals surface area contributed by atoms with E-state index in [1.807, 2.05) is 146 Å². The Bertz CT molecular complexity index is 1800. The van der Waals surface area contributed by atoms with Gasteiger partial charge >= 0.3 is 0 Å². The summed E-state index contributed by atoms with van der Waals surface area (Å²) >= 11 is 0. The summed E-state index contributed by atoms with van der Waals surface area (Å²) in [6.07, 6.45) is 4.48. The van der Waals surface area contributed by atoms with Gasteiger partial charge in [-0.2, -0.15) is 10.2 Å². The molecule has 0 heterocycles. The van der Waals surface area contributed by atoms with Crippen molar-refractivity contribution >= 4 is 46.6 Å². The molecule has 216 valence electrons. The fourth-order valence-corrected chi connectivity index (χ4v) is 4.51. The summed E-state index contributed by atoms with van der Waals surface area (Å²) in [5.41, 5.74) is 9.15. The maximum absolute atomic E-state index is 4.68. The van der Waals surface area contributed by atoms with Crippen LogP contribution >= 0.6 is 0 Å². The second-order valence-electron chi connectivity index (χ2n) is 10.2. The maximum atomic E-state index is 4.68. The van der Waals surface area contributed by atoms with Crippen LogP contribution < -0.4 is 0 Å². The van der Waals surface area contributed by atoms with Gasteiger partial charge in [-0.3, -0.25) is 9.98 Å². The van der Waals surface area contributed by atoms with Gasteiger partial charge in [-0.05, 0) is 78.2 Å². The average Bonchev–Trinajstić information content (AvgIpc) is 3.11. The van der Waals surface area contributed by atoms with Crippen LogP contribution in [0.15, 0.2) is 188 Å². The molecule has 0 aromatic heterocycles. The first-order valence-corrected chi connectivity index (χ1v) is 14.7. The van der Waals surface area contributed by atoms with Gasteiger partial charge in [-0.25, -0.2) is 0 Å². The van der Waals surface area contributed by atoms with Crippen LogP contribution in [0.5, 0.6) is 0 Å². The number of aliphatic imine (C=N–C) groups is 2. The van der Waals surface area contributed by atoms with Crippen molar-refractivity contribution < 1.29 is 0 Å². The normalized spacial score (nSPS) is 11.7. The van der Waals surface area contributed by atoms with Crippen LogP contribution in [-0.2, 0) is 6.42 Å². The number of nitrogens with zero attached hydrogens (tertiary/aromatic N) is 6. The quantitative estimate of drug-likeness (QED) is 0.114. The van der Waals surface area contributed by atoms with Crippen LogP contribution in [0.1, 0.15) is 22.3 Å². The Hall–Kier alpha value is -6.14. The van der Waals surface area contributed by atoms with Crippen molar-refractivity contribution in [3.63, 3.8) is 0 Å². The lowest BCUT2D eigenvalue weighted by atomic mass is 10.0. The summed E-state index contributed by atoms with van der Waals surface area (Å²) in [4.78, 5) is 9.35. The molecule has 0 aliphatic rings. The van der Waals surface area contributed by atoms with E-state index in [1.165, 1.54) is 11.1 Å². The lowest BCUT2D eigenvalue weighted by Gasteiger charge is -2.04. The van der Waals surface area contributed by atoms with Gasteiger partial charge in [0.25, 0.3) is 0 Å². The summed E-state index contributed by atoms with van der Waals surface area (Å²) in [6.45, 7) is 0. The minimum absolute atomic E-state index is 0.771. The Morgan fingerprint density at radius 2 is 0.711 bits per heavy atom. The Labute approximate surface area is 262 Å². The highest BCUT2D eigenvalue weighted by molar-refractivity contribution is 5.88. The zero-order valence-corrected chi connectivity index (χ0v) is 24.6. The first-order chi connectivity index (χ1) is 22.3. The Morgan fingerprint density at radius 3 is 1.13 bits per heavy atom. The van der Waals surface area contributed by atoms with Gasteiger partial charge in [0, 0.05) is 23.6 Å². The molecule has 0 saturated heterocycles. The van der Waals surface area contributed by atoms with Gasteiger partial charge in [-0.1, -0.05) is 97.1 Å². The standard InChI is InChI=1S/C39H30N6/c1-3-13-36(14-4-1)42-44-38-17-9-7-11-32(38)28-40-34-23-19-30(20-24-34)27-31-21-25-35(26-22-31)41-29-33-12-8-10-18-39(33)45-43-37-15-5-2-6-16-37/h1-26,28-29H,27H2. The number of hydrogen-bond donors (Lipinski definition) is 0. The number of benzene rings is 6. The van der Waals surface area contributed by atoms with E-state index in [1.54, 1.807) is 0 Å². The molecule has 6 nitrogen and oxygen atoms in total. The van der Waals surface area contributed by atoms with E-state index >= 15 is 0 Å². The van der Waals surface area contributed by atoms with Crippen LogP contribution in [0.3, 0.4) is 0 Å². The lowest BCUT2D eigenvalue weighted by molar-refractivity contribution is 1.19. The van der Waals surface area contributed by atoms with E-state index in [-0.39, 0.29) is 0 Å². The topological polar surface area (TPSA) is 74.2 Å². The van der Waals surface area contributed by atoms with Crippen LogP contribution in [0.4, 0.5) is 34.1 Å². The predicted molar refractivity (Wildman–Crippen MR) is 184 cm³/mol. The second kappa shape index (κ2) is 14.8. The molecular formula is C39H30N6. The molecule has 0 unspecified atom stereocenters. The first kappa shape index (κ1) is 29.0. The number of rotatable bonds is 10. The van der Waals surface area contributed by atoms with Crippen LogP contribution in [-0.4, -0.2) is 12.4 Å². The molecule has 0 N–H and O–H groups in total. The molecule has 0 fully saturated rings. The molecule has 6 aromatic rings. The van der Waals surface area contributed by atoms with Gasteiger partial charge in [-0.15, -0.1) is 10.2 Å². The average molecular weight is 583 g/mol. The number of azo groups is 2. The van der Waals surface area contributed by atoms with Crippen molar-refractivity contribution in [1.82, 2.24) is 0 Å². The van der Waals surface area contributed by atoms with Gasteiger partial charge < -0.3 is 0 Å². The van der Waals surface area contributed by atoms with E-state index in [4.69, 9.17) is 0 Å². The SMILES string of the molecule is C(=Nc1ccc(Cc2ccc(N=Cc3ccccc3N=Nc3ccccc3)cc2)cc1)c1ccccc1N=Nc1ccccc1. The first-order valence-electron chi connectivity index (χ1n) is 14.7.